The molecule has 0 aromatic heterocycles. The number of likely N-dealkylation sites (tertiary alicyclic amines) is 1. The van der Waals surface area contributed by atoms with Crippen molar-refractivity contribution in [1.29, 1.82) is 0 Å². The molecule has 0 bridgehead atoms. The average Bonchev–Trinajstić information content (AvgIpc) is 2.83. The standard InChI is InChI=1S/C12H20N2O5/c15-9-1-4-14(7-9)11(16)10(13-12(17)18)8-2-5-19-6-3-8/h8-10,13,15H,1-7H2,(H,17,18)/t9-,10?/m0/s1. The normalized spacial score (nSPS) is 26.2. The van der Waals surface area contributed by atoms with Crippen LogP contribution in [0.15, 0.2) is 0 Å². The topological polar surface area (TPSA) is 99.1 Å². The second kappa shape index (κ2) is 6.21. The van der Waals surface area contributed by atoms with Crippen molar-refractivity contribution >= 4 is 12.0 Å². The third-order valence-electron chi connectivity index (χ3n) is 3.76. The third kappa shape index (κ3) is 3.57. The molecule has 0 saturated carbocycles. The molecule has 0 spiro atoms. The first kappa shape index (κ1) is 14.1. The molecule has 108 valence electrons. The molecule has 7 nitrogen and oxygen atoms in total. The van der Waals surface area contributed by atoms with Gasteiger partial charge in [0, 0.05) is 26.3 Å². The summed E-state index contributed by atoms with van der Waals surface area (Å²) in [5.41, 5.74) is 0. The zero-order valence-corrected chi connectivity index (χ0v) is 10.7. The Morgan fingerprint density at radius 1 is 1.26 bits per heavy atom. The first-order valence-corrected chi connectivity index (χ1v) is 6.62. The summed E-state index contributed by atoms with van der Waals surface area (Å²) in [4.78, 5) is 24.8. The van der Waals surface area contributed by atoms with Crippen LogP contribution in [0, 0.1) is 5.92 Å². The number of carbonyl (C=O) groups is 2. The van der Waals surface area contributed by atoms with Gasteiger partial charge < -0.3 is 25.2 Å². The lowest BCUT2D eigenvalue weighted by atomic mass is 9.91. The molecule has 2 rings (SSSR count). The molecule has 2 aliphatic heterocycles. The van der Waals surface area contributed by atoms with Crippen LogP contribution in [0.5, 0.6) is 0 Å². The van der Waals surface area contributed by atoms with Crippen molar-refractivity contribution in [3.63, 3.8) is 0 Å². The van der Waals surface area contributed by atoms with Crippen LogP contribution in [-0.4, -0.2) is 65.6 Å². The second-order valence-corrected chi connectivity index (χ2v) is 5.10. The zero-order chi connectivity index (χ0) is 13.8. The number of carbonyl (C=O) groups excluding carboxylic acids is 1. The minimum atomic E-state index is -1.19. The Morgan fingerprint density at radius 2 is 1.95 bits per heavy atom. The highest BCUT2D eigenvalue weighted by atomic mass is 16.5. The van der Waals surface area contributed by atoms with E-state index in [0.717, 1.165) is 0 Å². The molecule has 2 amide bonds. The van der Waals surface area contributed by atoms with Crippen molar-refractivity contribution in [2.45, 2.75) is 31.4 Å². The summed E-state index contributed by atoms with van der Waals surface area (Å²) in [6, 6.07) is -0.730. The van der Waals surface area contributed by atoms with Gasteiger partial charge in [-0.25, -0.2) is 4.79 Å². The Morgan fingerprint density at radius 3 is 2.47 bits per heavy atom. The molecule has 2 saturated heterocycles. The highest BCUT2D eigenvalue weighted by Gasteiger charge is 2.36. The van der Waals surface area contributed by atoms with Crippen LogP contribution < -0.4 is 5.32 Å². The van der Waals surface area contributed by atoms with Gasteiger partial charge in [-0.2, -0.15) is 0 Å². The molecule has 1 unspecified atom stereocenters. The van der Waals surface area contributed by atoms with Crippen molar-refractivity contribution < 1.29 is 24.5 Å². The number of ether oxygens (including phenoxy) is 1. The lowest BCUT2D eigenvalue weighted by Gasteiger charge is -2.31. The Balaban J connectivity index is 2.03. The zero-order valence-electron chi connectivity index (χ0n) is 10.7. The monoisotopic (exact) mass is 272 g/mol. The summed E-state index contributed by atoms with van der Waals surface area (Å²) in [6.07, 6.45) is 0.216. The van der Waals surface area contributed by atoms with Gasteiger partial charge in [0.1, 0.15) is 6.04 Å². The predicted molar refractivity (Wildman–Crippen MR) is 65.7 cm³/mol. The predicted octanol–water partition coefficient (Wildman–Crippen LogP) is -0.358. The van der Waals surface area contributed by atoms with Gasteiger partial charge in [-0.1, -0.05) is 0 Å². The summed E-state index contributed by atoms with van der Waals surface area (Å²) in [7, 11) is 0. The van der Waals surface area contributed by atoms with Crippen molar-refractivity contribution in [2.24, 2.45) is 5.92 Å². The number of hydrogen-bond acceptors (Lipinski definition) is 4. The molecule has 0 aromatic rings. The van der Waals surface area contributed by atoms with Gasteiger partial charge in [-0.05, 0) is 25.2 Å². The highest BCUT2D eigenvalue weighted by Crippen LogP contribution is 2.22. The molecule has 2 aliphatic rings. The van der Waals surface area contributed by atoms with Gasteiger partial charge in [-0.15, -0.1) is 0 Å². The van der Waals surface area contributed by atoms with Crippen LogP contribution in [-0.2, 0) is 9.53 Å². The molecule has 0 aromatic carbocycles. The van der Waals surface area contributed by atoms with E-state index in [1.165, 1.54) is 0 Å². The lowest BCUT2D eigenvalue weighted by Crippen LogP contribution is -2.52. The van der Waals surface area contributed by atoms with Crippen molar-refractivity contribution in [1.82, 2.24) is 10.2 Å². The van der Waals surface area contributed by atoms with E-state index < -0.39 is 18.2 Å². The molecule has 0 radical (unpaired) electrons. The number of β-amino-alcohol motifs (C(OH)–C–C–N with tert-alkyl or cyclic N) is 1. The smallest absolute Gasteiger partial charge is 0.405 e. The quantitative estimate of drug-likeness (QED) is 0.652. The summed E-state index contributed by atoms with van der Waals surface area (Å²) < 4.78 is 5.24. The van der Waals surface area contributed by atoms with Crippen molar-refractivity contribution in [3.05, 3.63) is 0 Å². The number of rotatable bonds is 3. The fourth-order valence-electron chi connectivity index (χ4n) is 2.70. The first-order chi connectivity index (χ1) is 9.08. The Bertz CT molecular complexity index is 343. The molecule has 19 heavy (non-hydrogen) atoms. The lowest BCUT2D eigenvalue weighted by molar-refractivity contribution is -0.135. The number of aliphatic hydroxyl groups excluding tert-OH is 1. The van der Waals surface area contributed by atoms with Gasteiger partial charge >= 0.3 is 6.09 Å². The Labute approximate surface area is 111 Å². The number of nitrogens with one attached hydrogen (secondary N) is 1. The van der Waals surface area contributed by atoms with E-state index in [0.29, 0.717) is 45.6 Å². The minimum Gasteiger partial charge on any atom is -0.465 e. The number of carboxylic acid groups (broad SMARTS) is 1. The second-order valence-electron chi connectivity index (χ2n) is 5.10. The van der Waals surface area contributed by atoms with E-state index in [1.54, 1.807) is 4.90 Å². The van der Waals surface area contributed by atoms with Gasteiger partial charge in [0.2, 0.25) is 5.91 Å². The summed E-state index contributed by atoms with van der Waals surface area (Å²) in [5, 5.41) is 20.7. The highest BCUT2D eigenvalue weighted by molar-refractivity contribution is 5.85. The van der Waals surface area contributed by atoms with Crippen LogP contribution in [0.4, 0.5) is 4.79 Å². The van der Waals surface area contributed by atoms with E-state index in [2.05, 4.69) is 5.32 Å². The fraction of sp³-hybridized carbons (Fsp3) is 0.833. The van der Waals surface area contributed by atoms with E-state index in [1.807, 2.05) is 0 Å². The van der Waals surface area contributed by atoms with Crippen LogP contribution >= 0.6 is 0 Å². The summed E-state index contributed by atoms with van der Waals surface area (Å²) in [5.74, 6) is -0.263. The number of nitrogens with zero attached hydrogens (tertiary/aromatic N) is 1. The first-order valence-electron chi connectivity index (χ1n) is 6.62. The fourth-order valence-corrected chi connectivity index (χ4v) is 2.70. The summed E-state index contributed by atoms with van der Waals surface area (Å²) >= 11 is 0. The summed E-state index contributed by atoms with van der Waals surface area (Å²) in [6.45, 7) is 1.89. The van der Waals surface area contributed by atoms with E-state index in [-0.39, 0.29) is 11.8 Å². The van der Waals surface area contributed by atoms with Crippen LogP contribution in [0.25, 0.3) is 0 Å². The molecule has 7 heteroatoms. The number of amides is 2. The van der Waals surface area contributed by atoms with Gasteiger partial charge in [0.05, 0.1) is 6.10 Å². The SMILES string of the molecule is O=C(O)NC(C(=O)N1CC[C@H](O)C1)C1CCOCC1. The number of aliphatic hydroxyl groups is 1. The molecular weight excluding hydrogens is 252 g/mol. The van der Waals surface area contributed by atoms with Crippen molar-refractivity contribution in [3.8, 4) is 0 Å². The maximum absolute atomic E-state index is 12.4. The van der Waals surface area contributed by atoms with Crippen LogP contribution in [0.2, 0.25) is 0 Å². The van der Waals surface area contributed by atoms with Gasteiger partial charge in [-0.3, -0.25) is 4.79 Å². The molecular formula is C12H20N2O5. The van der Waals surface area contributed by atoms with Gasteiger partial charge in [0.25, 0.3) is 0 Å². The molecule has 3 N–H and O–H groups in total. The minimum absolute atomic E-state index is 0.0323. The molecule has 0 aliphatic carbocycles. The maximum atomic E-state index is 12.4. The maximum Gasteiger partial charge on any atom is 0.405 e. The van der Waals surface area contributed by atoms with Crippen LogP contribution in [0.1, 0.15) is 19.3 Å². The van der Waals surface area contributed by atoms with E-state index in [9.17, 15) is 14.7 Å². The average molecular weight is 272 g/mol. The molecule has 2 atom stereocenters. The third-order valence-corrected chi connectivity index (χ3v) is 3.76. The van der Waals surface area contributed by atoms with E-state index >= 15 is 0 Å². The number of hydrogen-bond donors (Lipinski definition) is 3. The van der Waals surface area contributed by atoms with Crippen LogP contribution in [0.3, 0.4) is 0 Å². The Hall–Kier alpha value is -1.34. The Kier molecular flexibility index (Phi) is 4.60. The van der Waals surface area contributed by atoms with E-state index in [4.69, 9.17) is 9.84 Å². The van der Waals surface area contributed by atoms with Gasteiger partial charge in [0.15, 0.2) is 0 Å². The molecule has 2 fully saturated rings. The van der Waals surface area contributed by atoms with Crippen molar-refractivity contribution in [2.75, 3.05) is 26.3 Å². The molecule has 2 heterocycles. The largest absolute Gasteiger partial charge is 0.465 e.